The zero-order valence-electron chi connectivity index (χ0n) is 12.9. The highest BCUT2D eigenvalue weighted by Gasteiger charge is 2.12. The van der Waals surface area contributed by atoms with Crippen molar-refractivity contribution in [3.63, 3.8) is 0 Å². The lowest BCUT2D eigenvalue weighted by molar-refractivity contribution is 0.110. The summed E-state index contributed by atoms with van der Waals surface area (Å²) in [5.74, 6) is 0. The zero-order chi connectivity index (χ0) is 15.6. The van der Waals surface area contributed by atoms with Crippen molar-refractivity contribution >= 4 is 33.8 Å². The highest BCUT2D eigenvalue weighted by molar-refractivity contribution is 7.71. The van der Waals surface area contributed by atoms with Gasteiger partial charge in [0, 0.05) is 11.4 Å². The Labute approximate surface area is 133 Å². The third-order valence-electron chi connectivity index (χ3n) is 3.45. The minimum atomic E-state index is -0.0215. The lowest BCUT2D eigenvalue weighted by Crippen LogP contribution is -2.25. The standard InChI is InChI=1S/C14H21N3O2S2/c1-9-10(2)21-12-11(9)13(18)17(14(20)15-12)6-8-19-7-5-16(3)4/h5-8H2,1-4H3,(H,15,20). The second-order valence-corrected chi connectivity index (χ2v) is 6.90. The molecule has 7 heteroatoms. The summed E-state index contributed by atoms with van der Waals surface area (Å²) in [5.41, 5.74) is 1.01. The van der Waals surface area contributed by atoms with E-state index in [9.17, 15) is 4.79 Å². The quantitative estimate of drug-likeness (QED) is 0.653. The maximum absolute atomic E-state index is 12.6. The van der Waals surface area contributed by atoms with E-state index in [0.29, 0.717) is 24.5 Å². The van der Waals surface area contributed by atoms with Gasteiger partial charge in [-0.2, -0.15) is 0 Å². The van der Waals surface area contributed by atoms with E-state index >= 15 is 0 Å². The lowest BCUT2D eigenvalue weighted by atomic mass is 10.2. The Morgan fingerprint density at radius 1 is 1.33 bits per heavy atom. The first-order chi connectivity index (χ1) is 9.91. The van der Waals surface area contributed by atoms with Crippen LogP contribution < -0.4 is 5.56 Å². The van der Waals surface area contributed by atoms with Crippen molar-refractivity contribution in [1.29, 1.82) is 0 Å². The van der Waals surface area contributed by atoms with Crippen LogP contribution >= 0.6 is 23.6 Å². The average Bonchev–Trinajstić information content (AvgIpc) is 2.67. The van der Waals surface area contributed by atoms with Gasteiger partial charge >= 0.3 is 0 Å². The van der Waals surface area contributed by atoms with Crippen molar-refractivity contribution in [2.45, 2.75) is 20.4 Å². The highest BCUT2D eigenvalue weighted by Crippen LogP contribution is 2.25. The molecule has 2 heterocycles. The first-order valence-electron chi connectivity index (χ1n) is 6.87. The van der Waals surface area contributed by atoms with Crippen LogP contribution in [0.4, 0.5) is 0 Å². The van der Waals surface area contributed by atoms with Gasteiger partial charge in [-0.25, -0.2) is 0 Å². The van der Waals surface area contributed by atoms with Crippen molar-refractivity contribution < 1.29 is 4.74 Å². The highest BCUT2D eigenvalue weighted by atomic mass is 32.1. The SMILES string of the molecule is Cc1sc2[nH]c(=S)n(CCOCCN(C)C)c(=O)c2c1C. The molecule has 2 aromatic heterocycles. The fourth-order valence-corrected chi connectivity index (χ4v) is 3.46. The molecule has 0 saturated heterocycles. The van der Waals surface area contributed by atoms with E-state index < -0.39 is 0 Å². The summed E-state index contributed by atoms with van der Waals surface area (Å²) in [6, 6.07) is 0. The third-order valence-corrected chi connectivity index (χ3v) is 4.90. The topological polar surface area (TPSA) is 50.3 Å². The van der Waals surface area contributed by atoms with Gasteiger partial charge in [-0.3, -0.25) is 9.36 Å². The van der Waals surface area contributed by atoms with Gasteiger partial charge in [-0.15, -0.1) is 11.3 Å². The second-order valence-electron chi connectivity index (χ2n) is 5.29. The molecule has 116 valence electrons. The van der Waals surface area contributed by atoms with Crippen LogP contribution in [0.2, 0.25) is 0 Å². The van der Waals surface area contributed by atoms with Gasteiger partial charge in [-0.05, 0) is 45.7 Å². The second kappa shape index (κ2) is 6.83. The third kappa shape index (κ3) is 3.60. The van der Waals surface area contributed by atoms with E-state index in [1.807, 2.05) is 27.9 Å². The van der Waals surface area contributed by atoms with Gasteiger partial charge < -0.3 is 14.6 Å². The molecule has 21 heavy (non-hydrogen) atoms. The molecule has 0 aliphatic rings. The van der Waals surface area contributed by atoms with Crippen LogP contribution in [0.3, 0.4) is 0 Å². The van der Waals surface area contributed by atoms with E-state index in [1.54, 1.807) is 15.9 Å². The minimum absolute atomic E-state index is 0.0215. The van der Waals surface area contributed by atoms with Crippen molar-refractivity contribution in [2.24, 2.45) is 0 Å². The average molecular weight is 327 g/mol. The number of fused-ring (bicyclic) bond motifs is 1. The number of thiophene rings is 1. The van der Waals surface area contributed by atoms with Gasteiger partial charge in [0.25, 0.3) is 5.56 Å². The Kier molecular flexibility index (Phi) is 5.32. The number of likely N-dealkylation sites (N-methyl/N-ethyl adjacent to an activating group) is 1. The van der Waals surface area contributed by atoms with Gasteiger partial charge in [0.1, 0.15) is 4.83 Å². The minimum Gasteiger partial charge on any atom is -0.378 e. The van der Waals surface area contributed by atoms with Crippen LogP contribution in [-0.4, -0.2) is 48.3 Å². The van der Waals surface area contributed by atoms with Crippen LogP contribution in [0.15, 0.2) is 4.79 Å². The van der Waals surface area contributed by atoms with Crippen molar-refractivity contribution in [3.05, 3.63) is 25.6 Å². The van der Waals surface area contributed by atoms with E-state index in [4.69, 9.17) is 17.0 Å². The monoisotopic (exact) mass is 327 g/mol. The van der Waals surface area contributed by atoms with E-state index in [1.165, 1.54) is 0 Å². The molecule has 0 bridgehead atoms. The fraction of sp³-hybridized carbons (Fsp3) is 0.571. The van der Waals surface area contributed by atoms with Crippen LogP contribution in [0.1, 0.15) is 10.4 Å². The predicted molar refractivity (Wildman–Crippen MR) is 90.1 cm³/mol. The van der Waals surface area contributed by atoms with Gasteiger partial charge in [0.2, 0.25) is 0 Å². The summed E-state index contributed by atoms with van der Waals surface area (Å²) in [7, 11) is 4.00. The first-order valence-corrected chi connectivity index (χ1v) is 8.09. The predicted octanol–water partition coefficient (Wildman–Crippen LogP) is 2.32. The molecule has 1 N–H and O–H groups in total. The van der Waals surface area contributed by atoms with Crippen LogP contribution in [0, 0.1) is 18.6 Å². The summed E-state index contributed by atoms with van der Waals surface area (Å²) in [6.45, 7) is 6.47. The molecule has 0 amide bonds. The maximum atomic E-state index is 12.6. The molecule has 0 fully saturated rings. The molecule has 0 aliphatic heterocycles. The molecule has 0 saturated carbocycles. The Bertz CT molecular complexity index is 743. The van der Waals surface area contributed by atoms with Crippen molar-refractivity contribution in [2.75, 3.05) is 33.9 Å². The summed E-state index contributed by atoms with van der Waals surface area (Å²) in [4.78, 5) is 19.8. The summed E-state index contributed by atoms with van der Waals surface area (Å²) < 4.78 is 7.60. The molecule has 2 rings (SSSR count). The molecular formula is C14H21N3O2S2. The Morgan fingerprint density at radius 2 is 2.05 bits per heavy atom. The molecule has 0 unspecified atom stereocenters. The number of nitrogens with zero attached hydrogens (tertiary/aromatic N) is 2. The number of nitrogens with one attached hydrogen (secondary N) is 1. The van der Waals surface area contributed by atoms with Crippen molar-refractivity contribution in [1.82, 2.24) is 14.5 Å². The molecular weight excluding hydrogens is 306 g/mol. The first kappa shape index (κ1) is 16.4. The number of ether oxygens (including phenoxy) is 1. The summed E-state index contributed by atoms with van der Waals surface area (Å²) >= 11 is 6.87. The smallest absolute Gasteiger partial charge is 0.263 e. The molecule has 0 aliphatic carbocycles. The normalized spacial score (nSPS) is 11.7. The number of H-pyrrole nitrogens is 1. The van der Waals surface area contributed by atoms with Crippen molar-refractivity contribution in [3.8, 4) is 0 Å². The summed E-state index contributed by atoms with van der Waals surface area (Å²) in [5, 5.41) is 0.749. The van der Waals surface area contributed by atoms with Crippen LogP contribution in [0.25, 0.3) is 10.2 Å². The van der Waals surface area contributed by atoms with E-state index in [-0.39, 0.29) is 5.56 Å². The Hall–Kier alpha value is -1.02. The Balaban J connectivity index is 2.18. The molecule has 0 aromatic carbocycles. The molecule has 2 aromatic rings. The lowest BCUT2D eigenvalue weighted by Gasteiger charge is -2.11. The number of aromatic nitrogens is 2. The van der Waals surface area contributed by atoms with E-state index in [2.05, 4.69) is 9.88 Å². The zero-order valence-corrected chi connectivity index (χ0v) is 14.5. The van der Waals surface area contributed by atoms with Gasteiger partial charge in [-0.1, -0.05) is 0 Å². The molecule has 5 nitrogen and oxygen atoms in total. The number of rotatable bonds is 6. The van der Waals surface area contributed by atoms with Crippen LogP contribution in [0.5, 0.6) is 0 Å². The molecule has 0 atom stereocenters. The molecule has 0 spiro atoms. The van der Waals surface area contributed by atoms with Crippen LogP contribution in [-0.2, 0) is 11.3 Å². The molecule has 0 radical (unpaired) electrons. The van der Waals surface area contributed by atoms with E-state index in [0.717, 1.165) is 27.2 Å². The Morgan fingerprint density at radius 3 is 2.71 bits per heavy atom. The maximum Gasteiger partial charge on any atom is 0.263 e. The number of hydrogen-bond donors (Lipinski definition) is 1. The summed E-state index contributed by atoms with van der Waals surface area (Å²) in [6.07, 6.45) is 0. The largest absolute Gasteiger partial charge is 0.378 e. The number of aryl methyl sites for hydroxylation is 2. The van der Waals surface area contributed by atoms with Gasteiger partial charge in [0.05, 0.1) is 25.1 Å². The number of aromatic amines is 1. The number of hydrogen-bond acceptors (Lipinski definition) is 5. The fourth-order valence-electron chi connectivity index (χ4n) is 2.07. The van der Waals surface area contributed by atoms with Gasteiger partial charge in [0.15, 0.2) is 4.77 Å².